The van der Waals surface area contributed by atoms with Gasteiger partial charge in [0, 0.05) is 40.7 Å². The Hall–Kier alpha value is -0.920. The minimum Gasteiger partial charge on any atom is -0.351 e. The Morgan fingerprint density at radius 3 is 2.90 bits per heavy atom. The number of benzene rings is 1. The van der Waals surface area contributed by atoms with Crippen molar-refractivity contribution in [2.45, 2.75) is 5.25 Å². The van der Waals surface area contributed by atoms with E-state index in [2.05, 4.69) is 5.32 Å². The van der Waals surface area contributed by atoms with Gasteiger partial charge in [0.2, 0.25) is 0 Å². The highest BCUT2D eigenvalue weighted by molar-refractivity contribution is 8.06. The summed E-state index contributed by atoms with van der Waals surface area (Å²) in [6.45, 7) is 0.602. The molecule has 5 nitrogen and oxygen atoms in total. The molecule has 1 atom stereocenters. The van der Waals surface area contributed by atoms with E-state index in [4.69, 9.17) is 11.6 Å². The van der Waals surface area contributed by atoms with E-state index in [0.717, 1.165) is 17.3 Å². The molecule has 1 aromatic carbocycles. The first-order valence-electron chi connectivity index (χ1n) is 5.99. The van der Waals surface area contributed by atoms with E-state index in [0.29, 0.717) is 17.4 Å². The van der Waals surface area contributed by atoms with Crippen LogP contribution in [0.25, 0.3) is 0 Å². The number of halogens is 1. The molecule has 1 aromatic rings. The minimum atomic E-state index is -0.570. The molecule has 1 aliphatic rings. The number of nitrogens with one attached hydrogen (secondary N) is 1. The minimum absolute atomic E-state index is 0.0229. The van der Waals surface area contributed by atoms with E-state index >= 15 is 0 Å². The number of nitro groups is 1. The van der Waals surface area contributed by atoms with Crippen molar-refractivity contribution in [1.29, 1.82) is 0 Å². The van der Waals surface area contributed by atoms with Gasteiger partial charge in [0.05, 0.1) is 4.92 Å². The fourth-order valence-corrected chi connectivity index (χ4v) is 4.62. The third-order valence-electron chi connectivity index (χ3n) is 2.78. The second kappa shape index (κ2) is 7.19. The molecule has 1 heterocycles. The topological polar surface area (TPSA) is 72.2 Å². The maximum atomic E-state index is 12.0. The molecule has 1 saturated heterocycles. The molecule has 8 heteroatoms. The number of nitro benzene ring substituents is 1. The monoisotopic (exact) mass is 332 g/mol. The Morgan fingerprint density at radius 2 is 2.30 bits per heavy atom. The molecule has 0 spiro atoms. The summed E-state index contributed by atoms with van der Waals surface area (Å²) in [4.78, 5) is 22.0. The number of rotatable bonds is 4. The molecular formula is C12H13ClN2O3S2. The summed E-state index contributed by atoms with van der Waals surface area (Å²) in [6, 6.07) is 4.00. The molecule has 1 amide bonds. The van der Waals surface area contributed by atoms with Gasteiger partial charge in [-0.1, -0.05) is 11.6 Å². The third-order valence-corrected chi connectivity index (χ3v) is 5.93. The molecule has 0 saturated carbocycles. The number of amides is 1. The van der Waals surface area contributed by atoms with E-state index < -0.39 is 4.92 Å². The zero-order valence-electron chi connectivity index (χ0n) is 10.5. The van der Waals surface area contributed by atoms with Crippen molar-refractivity contribution in [3.05, 3.63) is 38.9 Å². The van der Waals surface area contributed by atoms with Crippen LogP contribution >= 0.6 is 35.1 Å². The SMILES string of the molecule is O=C(NC[C@H]1CSCCS1)c1ccc([N+](=O)[O-])c(Cl)c1. The first-order valence-corrected chi connectivity index (χ1v) is 8.57. The maximum absolute atomic E-state index is 12.0. The highest BCUT2D eigenvalue weighted by Gasteiger charge is 2.18. The van der Waals surface area contributed by atoms with Crippen LogP contribution in [0.15, 0.2) is 18.2 Å². The number of hydrogen-bond acceptors (Lipinski definition) is 5. The van der Waals surface area contributed by atoms with Gasteiger partial charge in [-0.3, -0.25) is 14.9 Å². The van der Waals surface area contributed by atoms with Crippen LogP contribution in [-0.4, -0.2) is 39.9 Å². The first kappa shape index (κ1) is 15.5. The average Bonchev–Trinajstić information content (AvgIpc) is 2.45. The van der Waals surface area contributed by atoms with Crippen molar-refractivity contribution < 1.29 is 9.72 Å². The highest BCUT2D eigenvalue weighted by atomic mass is 35.5. The summed E-state index contributed by atoms with van der Waals surface area (Å²) < 4.78 is 0. The summed E-state index contributed by atoms with van der Waals surface area (Å²) in [5.74, 6) is 3.05. The van der Waals surface area contributed by atoms with Crippen LogP contribution in [0.1, 0.15) is 10.4 Å². The number of carbonyl (C=O) groups excluding carboxylic acids is 1. The molecule has 0 radical (unpaired) electrons. The smallest absolute Gasteiger partial charge is 0.287 e. The quantitative estimate of drug-likeness (QED) is 0.678. The van der Waals surface area contributed by atoms with Crippen LogP contribution in [0, 0.1) is 10.1 Å². The van der Waals surface area contributed by atoms with Gasteiger partial charge in [0.15, 0.2) is 0 Å². The van der Waals surface area contributed by atoms with Crippen molar-refractivity contribution in [2.75, 3.05) is 23.8 Å². The molecule has 20 heavy (non-hydrogen) atoms. The lowest BCUT2D eigenvalue weighted by atomic mass is 10.2. The zero-order valence-corrected chi connectivity index (χ0v) is 12.9. The fourth-order valence-electron chi connectivity index (χ4n) is 1.76. The van der Waals surface area contributed by atoms with Crippen LogP contribution < -0.4 is 5.32 Å². The van der Waals surface area contributed by atoms with Gasteiger partial charge in [-0.25, -0.2) is 0 Å². The van der Waals surface area contributed by atoms with Crippen molar-refractivity contribution in [3.63, 3.8) is 0 Å². The molecule has 0 aliphatic carbocycles. The summed E-state index contributed by atoms with van der Waals surface area (Å²) >= 11 is 9.54. The predicted molar refractivity (Wildman–Crippen MR) is 84.0 cm³/mol. The van der Waals surface area contributed by atoms with Crippen LogP contribution in [0.4, 0.5) is 5.69 Å². The van der Waals surface area contributed by atoms with Gasteiger partial charge in [0.25, 0.3) is 11.6 Å². The molecule has 0 unspecified atom stereocenters. The molecule has 0 bridgehead atoms. The largest absolute Gasteiger partial charge is 0.351 e. The lowest BCUT2D eigenvalue weighted by Crippen LogP contribution is -2.33. The Morgan fingerprint density at radius 1 is 1.50 bits per heavy atom. The van der Waals surface area contributed by atoms with Crippen molar-refractivity contribution >= 4 is 46.7 Å². The standard InChI is InChI=1S/C12H13ClN2O3S2/c13-10-5-8(1-2-11(10)15(17)18)12(16)14-6-9-7-19-3-4-20-9/h1-2,5,9H,3-4,6-7H2,(H,14,16)/t9-/m0/s1. The molecule has 1 fully saturated rings. The summed E-state index contributed by atoms with van der Waals surface area (Å²) in [6.07, 6.45) is 0. The first-order chi connectivity index (χ1) is 9.58. The van der Waals surface area contributed by atoms with E-state index in [9.17, 15) is 14.9 Å². The predicted octanol–water partition coefficient (Wildman–Crippen LogP) is 2.83. The normalized spacial score (nSPS) is 18.6. The molecule has 2 rings (SSSR count). The van der Waals surface area contributed by atoms with Crippen molar-refractivity contribution in [1.82, 2.24) is 5.32 Å². The summed E-state index contributed by atoms with van der Waals surface area (Å²) in [7, 11) is 0. The second-order valence-electron chi connectivity index (χ2n) is 4.20. The molecule has 1 N–H and O–H groups in total. The van der Waals surface area contributed by atoms with E-state index in [-0.39, 0.29) is 16.6 Å². The Balaban J connectivity index is 1.95. The van der Waals surface area contributed by atoms with Gasteiger partial charge in [0.1, 0.15) is 5.02 Å². The number of carbonyl (C=O) groups is 1. The van der Waals surface area contributed by atoms with E-state index in [1.807, 2.05) is 23.5 Å². The molecule has 1 aliphatic heterocycles. The average molecular weight is 333 g/mol. The van der Waals surface area contributed by atoms with Crippen LogP contribution in [0.2, 0.25) is 5.02 Å². The molecular weight excluding hydrogens is 320 g/mol. The lowest BCUT2D eigenvalue weighted by molar-refractivity contribution is -0.384. The van der Waals surface area contributed by atoms with E-state index in [1.54, 1.807) is 0 Å². The van der Waals surface area contributed by atoms with Crippen molar-refractivity contribution in [2.24, 2.45) is 0 Å². The number of thioether (sulfide) groups is 2. The lowest BCUT2D eigenvalue weighted by Gasteiger charge is -2.21. The van der Waals surface area contributed by atoms with Gasteiger partial charge in [-0.05, 0) is 12.1 Å². The van der Waals surface area contributed by atoms with Crippen LogP contribution in [0.5, 0.6) is 0 Å². The third kappa shape index (κ3) is 4.04. The second-order valence-corrected chi connectivity index (χ2v) is 7.17. The van der Waals surface area contributed by atoms with Crippen molar-refractivity contribution in [3.8, 4) is 0 Å². The van der Waals surface area contributed by atoms with Crippen LogP contribution in [0.3, 0.4) is 0 Å². The molecule has 0 aromatic heterocycles. The Bertz CT molecular complexity index is 521. The zero-order chi connectivity index (χ0) is 14.5. The molecule has 108 valence electrons. The van der Waals surface area contributed by atoms with Gasteiger partial charge in [-0.2, -0.15) is 23.5 Å². The summed E-state index contributed by atoms with van der Waals surface area (Å²) in [5, 5.41) is 13.9. The van der Waals surface area contributed by atoms with Gasteiger partial charge in [-0.15, -0.1) is 0 Å². The number of hydrogen-bond donors (Lipinski definition) is 1. The number of nitrogens with zero attached hydrogens (tertiary/aromatic N) is 1. The Kier molecular flexibility index (Phi) is 5.56. The van der Waals surface area contributed by atoms with Gasteiger partial charge >= 0.3 is 0 Å². The Labute approximate surface area is 130 Å². The van der Waals surface area contributed by atoms with E-state index in [1.165, 1.54) is 18.2 Å². The maximum Gasteiger partial charge on any atom is 0.287 e. The fraction of sp³-hybridized carbons (Fsp3) is 0.417. The van der Waals surface area contributed by atoms with Gasteiger partial charge < -0.3 is 5.32 Å². The highest BCUT2D eigenvalue weighted by Crippen LogP contribution is 2.25. The van der Waals surface area contributed by atoms with Crippen LogP contribution in [-0.2, 0) is 0 Å². The summed E-state index contributed by atoms with van der Waals surface area (Å²) in [5.41, 5.74) is 0.150.